The summed E-state index contributed by atoms with van der Waals surface area (Å²) < 4.78 is 11.4. The highest BCUT2D eigenvalue weighted by Gasteiger charge is 2.24. The van der Waals surface area contributed by atoms with E-state index in [0.29, 0.717) is 27.6 Å². The molecular weight excluding hydrogens is 477 g/mol. The van der Waals surface area contributed by atoms with Gasteiger partial charge in [-0.3, -0.25) is 9.59 Å². The van der Waals surface area contributed by atoms with Gasteiger partial charge in [-0.15, -0.1) is 0 Å². The molecule has 0 radical (unpaired) electrons. The first-order chi connectivity index (χ1) is 16.3. The maximum atomic E-state index is 13.0. The summed E-state index contributed by atoms with van der Waals surface area (Å²) in [6.45, 7) is 3.10. The molecular formula is C26H19Cl2NO5. The van der Waals surface area contributed by atoms with Crippen molar-refractivity contribution in [1.82, 2.24) is 0 Å². The summed E-state index contributed by atoms with van der Waals surface area (Å²) in [5.74, 6) is -1.05. The van der Waals surface area contributed by atoms with E-state index in [9.17, 15) is 14.4 Å². The highest BCUT2D eigenvalue weighted by molar-refractivity contribution is 6.35. The Morgan fingerprint density at radius 3 is 2.47 bits per heavy atom. The first-order valence-corrected chi connectivity index (χ1v) is 11.1. The van der Waals surface area contributed by atoms with Gasteiger partial charge in [-0.05, 0) is 44.2 Å². The van der Waals surface area contributed by atoms with Crippen molar-refractivity contribution in [1.29, 1.82) is 0 Å². The van der Waals surface area contributed by atoms with Gasteiger partial charge in [-0.2, -0.15) is 0 Å². The topological polar surface area (TPSA) is 85.6 Å². The Morgan fingerprint density at radius 2 is 1.74 bits per heavy atom. The SMILES string of the molecule is Cc1c(-c2ccccc2)oc2c(C(=O)OC(C)C(=O)Nc3cc(Cl)ccc3Cl)cccc2c1=O. The summed E-state index contributed by atoms with van der Waals surface area (Å²) in [4.78, 5) is 38.6. The maximum Gasteiger partial charge on any atom is 0.342 e. The largest absolute Gasteiger partial charge is 0.455 e. The number of hydrogen-bond donors (Lipinski definition) is 1. The van der Waals surface area contributed by atoms with E-state index in [0.717, 1.165) is 0 Å². The summed E-state index contributed by atoms with van der Waals surface area (Å²) in [5.41, 5.74) is 1.29. The van der Waals surface area contributed by atoms with E-state index in [4.69, 9.17) is 32.4 Å². The molecule has 0 aliphatic carbocycles. The third-order valence-electron chi connectivity index (χ3n) is 5.24. The summed E-state index contributed by atoms with van der Waals surface area (Å²) in [6.07, 6.45) is -1.16. The van der Waals surface area contributed by atoms with Crippen molar-refractivity contribution in [2.45, 2.75) is 20.0 Å². The van der Waals surface area contributed by atoms with E-state index < -0.39 is 18.0 Å². The second kappa shape index (κ2) is 9.71. The van der Waals surface area contributed by atoms with Crippen LogP contribution in [0, 0.1) is 6.92 Å². The van der Waals surface area contributed by atoms with Crippen molar-refractivity contribution >= 4 is 51.7 Å². The first kappa shape index (κ1) is 23.5. The average molecular weight is 496 g/mol. The highest BCUT2D eigenvalue weighted by atomic mass is 35.5. The average Bonchev–Trinajstić information content (AvgIpc) is 2.83. The van der Waals surface area contributed by atoms with Crippen molar-refractivity contribution in [3.05, 3.63) is 98.1 Å². The number of hydrogen-bond acceptors (Lipinski definition) is 5. The van der Waals surface area contributed by atoms with Crippen LogP contribution in [0.2, 0.25) is 10.0 Å². The van der Waals surface area contributed by atoms with Crippen LogP contribution >= 0.6 is 23.2 Å². The number of esters is 1. The van der Waals surface area contributed by atoms with E-state index in [-0.39, 0.29) is 27.0 Å². The minimum absolute atomic E-state index is 0.0345. The molecule has 1 heterocycles. The third kappa shape index (κ3) is 4.69. The Hall–Kier alpha value is -3.61. The van der Waals surface area contributed by atoms with E-state index in [1.807, 2.05) is 30.3 Å². The Bertz CT molecular complexity index is 1460. The van der Waals surface area contributed by atoms with Crippen LogP contribution in [0.3, 0.4) is 0 Å². The van der Waals surface area contributed by atoms with Crippen molar-refractivity contribution < 1.29 is 18.7 Å². The zero-order valence-corrected chi connectivity index (χ0v) is 19.7. The van der Waals surface area contributed by atoms with Crippen LogP contribution in [-0.2, 0) is 9.53 Å². The minimum atomic E-state index is -1.16. The van der Waals surface area contributed by atoms with Gasteiger partial charge in [-0.25, -0.2) is 4.79 Å². The molecule has 4 aromatic rings. The first-order valence-electron chi connectivity index (χ1n) is 10.3. The van der Waals surface area contributed by atoms with Gasteiger partial charge in [0.1, 0.15) is 11.3 Å². The van der Waals surface area contributed by atoms with Gasteiger partial charge in [-0.1, -0.05) is 59.6 Å². The van der Waals surface area contributed by atoms with Gasteiger partial charge >= 0.3 is 5.97 Å². The zero-order valence-electron chi connectivity index (χ0n) is 18.2. The fourth-order valence-electron chi connectivity index (χ4n) is 3.44. The molecule has 0 bridgehead atoms. The monoisotopic (exact) mass is 495 g/mol. The lowest BCUT2D eigenvalue weighted by Crippen LogP contribution is -2.30. The number of para-hydroxylation sites is 1. The van der Waals surface area contributed by atoms with Crippen molar-refractivity contribution in [2.24, 2.45) is 0 Å². The van der Waals surface area contributed by atoms with Crippen LogP contribution in [-0.4, -0.2) is 18.0 Å². The number of ether oxygens (including phenoxy) is 1. The standard InChI is InChI=1S/C26H19Cl2NO5/c1-14-22(30)18-9-6-10-19(24(18)34-23(14)16-7-4-3-5-8-16)26(32)33-15(2)25(31)29-21-13-17(27)11-12-20(21)28/h3-13,15H,1-2H3,(H,29,31). The Morgan fingerprint density at radius 1 is 1.00 bits per heavy atom. The molecule has 3 aromatic carbocycles. The number of amides is 1. The quantitative estimate of drug-likeness (QED) is 0.330. The number of nitrogens with one attached hydrogen (secondary N) is 1. The second-order valence-electron chi connectivity index (χ2n) is 7.59. The maximum absolute atomic E-state index is 13.0. The molecule has 1 atom stereocenters. The third-order valence-corrected chi connectivity index (χ3v) is 5.80. The molecule has 0 saturated heterocycles. The Kier molecular flexibility index (Phi) is 6.72. The fraction of sp³-hybridized carbons (Fsp3) is 0.115. The molecule has 0 saturated carbocycles. The molecule has 1 unspecified atom stereocenters. The van der Waals surface area contributed by atoms with Crippen LogP contribution in [0.15, 0.2) is 75.9 Å². The number of carbonyl (C=O) groups is 2. The predicted octanol–water partition coefficient (Wildman–Crippen LogP) is 6.26. The van der Waals surface area contributed by atoms with Crippen LogP contribution in [0.4, 0.5) is 5.69 Å². The molecule has 0 spiro atoms. The van der Waals surface area contributed by atoms with E-state index >= 15 is 0 Å². The lowest BCUT2D eigenvalue weighted by molar-refractivity contribution is -0.123. The molecule has 0 aliphatic heterocycles. The van der Waals surface area contributed by atoms with Gasteiger partial charge in [0.15, 0.2) is 17.1 Å². The highest BCUT2D eigenvalue weighted by Crippen LogP contribution is 2.28. The smallest absolute Gasteiger partial charge is 0.342 e. The van der Waals surface area contributed by atoms with Crippen molar-refractivity contribution in [2.75, 3.05) is 5.32 Å². The molecule has 8 heteroatoms. The number of rotatable bonds is 5. The minimum Gasteiger partial charge on any atom is -0.455 e. The number of benzene rings is 3. The molecule has 1 N–H and O–H groups in total. The van der Waals surface area contributed by atoms with Crippen molar-refractivity contribution in [3.8, 4) is 11.3 Å². The molecule has 6 nitrogen and oxygen atoms in total. The van der Waals surface area contributed by atoms with Gasteiger partial charge in [0, 0.05) is 16.1 Å². The lowest BCUT2D eigenvalue weighted by atomic mass is 10.0. The summed E-state index contributed by atoms with van der Waals surface area (Å²) in [6, 6.07) is 18.4. The van der Waals surface area contributed by atoms with E-state index in [1.54, 1.807) is 31.2 Å². The van der Waals surface area contributed by atoms with E-state index in [2.05, 4.69) is 5.32 Å². The van der Waals surface area contributed by atoms with Crippen LogP contribution < -0.4 is 10.7 Å². The lowest BCUT2D eigenvalue weighted by Gasteiger charge is -2.15. The van der Waals surface area contributed by atoms with Crippen molar-refractivity contribution in [3.63, 3.8) is 0 Å². The number of anilines is 1. The molecule has 0 fully saturated rings. The number of carbonyl (C=O) groups excluding carboxylic acids is 2. The summed E-state index contributed by atoms with van der Waals surface area (Å²) >= 11 is 12.0. The molecule has 172 valence electrons. The summed E-state index contributed by atoms with van der Waals surface area (Å²) in [5, 5.41) is 3.51. The Balaban J connectivity index is 1.65. The van der Waals surface area contributed by atoms with Gasteiger partial charge in [0.05, 0.1) is 16.1 Å². The molecule has 1 amide bonds. The Labute approximate surface area is 205 Å². The molecule has 0 aliphatic rings. The molecule has 34 heavy (non-hydrogen) atoms. The normalized spacial score (nSPS) is 11.8. The number of fused-ring (bicyclic) bond motifs is 1. The van der Waals surface area contributed by atoms with Crippen LogP contribution in [0.25, 0.3) is 22.3 Å². The molecule has 4 rings (SSSR count). The van der Waals surface area contributed by atoms with Gasteiger partial charge in [0.2, 0.25) is 0 Å². The second-order valence-corrected chi connectivity index (χ2v) is 8.44. The predicted molar refractivity (Wildman–Crippen MR) is 133 cm³/mol. The van der Waals surface area contributed by atoms with Crippen LogP contribution in [0.5, 0.6) is 0 Å². The number of halogens is 2. The summed E-state index contributed by atoms with van der Waals surface area (Å²) in [7, 11) is 0. The zero-order chi connectivity index (χ0) is 24.4. The van der Waals surface area contributed by atoms with Gasteiger partial charge < -0.3 is 14.5 Å². The fourth-order valence-corrected chi connectivity index (χ4v) is 3.78. The van der Waals surface area contributed by atoms with E-state index in [1.165, 1.54) is 19.1 Å². The van der Waals surface area contributed by atoms with Gasteiger partial charge in [0.25, 0.3) is 5.91 Å². The molecule has 1 aromatic heterocycles. The van der Waals surface area contributed by atoms with Crippen LogP contribution in [0.1, 0.15) is 22.8 Å².